The summed E-state index contributed by atoms with van der Waals surface area (Å²) >= 11 is 0. The zero-order valence-corrected chi connectivity index (χ0v) is 10.7. The maximum Gasteiger partial charge on any atom is 0.260 e. The van der Waals surface area contributed by atoms with Gasteiger partial charge in [0.25, 0.3) is 11.5 Å². The number of hydrogen-bond acceptors (Lipinski definition) is 3. The predicted octanol–water partition coefficient (Wildman–Crippen LogP) is 0.637. The zero-order valence-electron chi connectivity index (χ0n) is 10.7. The number of H-pyrrole nitrogens is 1. The summed E-state index contributed by atoms with van der Waals surface area (Å²) in [6.07, 6.45) is 5.09. The molecule has 0 aliphatic carbocycles. The van der Waals surface area contributed by atoms with E-state index in [1.807, 2.05) is 23.9 Å². The summed E-state index contributed by atoms with van der Waals surface area (Å²) in [6.45, 7) is 3.22. The van der Waals surface area contributed by atoms with E-state index in [1.165, 1.54) is 12.3 Å². The normalized spacial score (nSPS) is 12.1. The molecule has 0 aliphatic heterocycles. The molecule has 6 nitrogen and oxygen atoms in total. The van der Waals surface area contributed by atoms with E-state index < -0.39 is 0 Å². The first-order valence-electron chi connectivity index (χ1n) is 6.10. The average Bonchev–Trinajstić information content (AvgIpc) is 2.89. The monoisotopic (exact) mass is 260 g/mol. The maximum atomic E-state index is 11.8. The molecule has 2 aromatic heterocycles. The fraction of sp³-hybridized carbons (Fsp3) is 0.308. The molecule has 0 fully saturated rings. The Hall–Kier alpha value is -2.37. The number of amides is 1. The maximum absolute atomic E-state index is 11.8. The third-order valence-corrected chi connectivity index (χ3v) is 2.73. The number of nitrogens with one attached hydrogen (secondary N) is 2. The number of nitrogens with zero attached hydrogens (tertiary/aromatic N) is 2. The number of pyridine rings is 1. The third-order valence-electron chi connectivity index (χ3n) is 2.73. The molecule has 0 bridgehead atoms. The Bertz CT molecular complexity index is 589. The third kappa shape index (κ3) is 3.54. The number of rotatable bonds is 5. The highest BCUT2D eigenvalue weighted by molar-refractivity contribution is 5.93. The Balaban J connectivity index is 1.87. The fourth-order valence-electron chi connectivity index (χ4n) is 1.75. The van der Waals surface area contributed by atoms with E-state index in [2.05, 4.69) is 15.4 Å². The quantitative estimate of drug-likeness (QED) is 0.827. The van der Waals surface area contributed by atoms with Crippen molar-refractivity contribution in [3.8, 4) is 0 Å². The van der Waals surface area contributed by atoms with Gasteiger partial charge in [-0.25, -0.2) is 0 Å². The van der Waals surface area contributed by atoms with E-state index >= 15 is 0 Å². The Kier molecular flexibility index (Phi) is 4.12. The van der Waals surface area contributed by atoms with Crippen LogP contribution in [0.4, 0.5) is 0 Å². The van der Waals surface area contributed by atoms with Crippen LogP contribution in [0, 0.1) is 5.92 Å². The van der Waals surface area contributed by atoms with Crippen molar-refractivity contribution in [1.82, 2.24) is 20.1 Å². The lowest BCUT2D eigenvalue weighted by molar-refractivity contribution is 0.0945. The molecule has 2 rings (SSSR count). The van der Waals surface area contributed by atoms with Gasteiger partial charge in [-0.2, -0.15) is 5.10 Å². The molecule has 0 aromatic carbocycles. The van der Waals surface area contributed by atoms with Gasteiger partial charge in [0, 0.05) is 31.7 Å². The van der Waals surface area contributed by atoms with Gasteiger partial charge in [-0.3, -0.25) is 14.3 Å². The number of carbonyl (C=O) groups is 1. The van der Waals surface area contributed by atoms with Crippen molar-refractivity contribution in [2.24, 2.45) is 5.92 Å². The van der Waals surface area contributed by atoms with Gasteiger partial charge in [-0.1, -0.05) is 6.92 Å². The molecular weight excluding hydrogens is 244 g/mol. The van der Waals surface area contributed by atoms with Crippen LogP contribution in [0.3, 0.4) is 0 Å². The van der Waals surface area contributed by atoms with Crippen LogP contribution >= 0.6 is 0 Å². The minimum atomic E-state index is -0.375. The molecule has 0 saturated heterocycles. The summed E-state index contributed by atoms with van der Waals surface area (Å²) in [4.78, 5) is 25.7. The molecule has 1 amide bonds. The molecule has 0 saturated carbocycles. The van der Waals surface area contributed by atoms with Crippen molar-refractivity contribution in [3.63, 3.8) is 0 Å². The summed E-state index contributed by atoms with van der Waals surface area (Å²) in [7, 11) is 0. The van der Waals surface area contributed by atoms with Gasteiger partial charge in [0.15, 0.2) is 0 Å². The van der Waals surface area contributed by atoms with Gasteiger partial charge in [0.2, 0.25) is 0 Å². The second-order valence-electron chi connectivity index (χ2n) is 4.46. The standard InChI is InChI=1S/C13H16N4O2/c1-10(9-17-7-3-6-16-17)8-15-13(19)11-4-2-5-14-12(11)18/h2-7,10H,8-9H2,1H3,(H,14,18)(H,15,19). The lowest BCUT2D eigenvalue weighted by Gasteiger charge is -2.12. The fourth-order valence-corrected chi connectivity index (χ4v) is 1.75. The molecule has 0 radical (unpaired) electrons. The van der Waals surface area contributed by atoms with Crippen LogP contribution in [0.15, 0.2) is 41.6 Å². The minimum absolute atomic E-state index is 0.133. The van der Waals surface area contributed by atoms with Crippen molar-refractivity contribution in [2.75, 3.05) is 6.54 Å². The van der Waals surface area contributed by atoms with Crippen molar-refractivity contribution in [2.45, 2.75) is 13.5 Å². The summed E-state index contributed by atoms with van der Waals surface area (Å²) in [5.74, 6) is -0.124. The van der Waals surface area contributed by atoms with Crippen LogP contribution in [0.1, 0.15) is 17.3 Å². The van der Waals surface area contributed by atoms with Crippen molar-refractivity contribution in [1.29, 1.82) is 0 Å². The van der Waals surface area contributed by atoms with Crippen molar-refractivity contribution >= 4 is 5.91 Å². The smallest absolute Gasteiger partial charge is 0.260 e. The molecule has 0 aliphatic rings. The van der Waals surface area contributed by atoms with Crippen LogP contribution in [-0.4, -0.2) is 27.2 Å². The van der Waals surface area contributed by atoms with Gasteiger partial charge >= 0.3 is 0 Å². The second-order valence-corrected chi connectivity index (χ2v) is 4.46. The molecule has 2 aromatic rings. The van der Waals surface area contributed by atoms with E-state index in [4.69, 9.17) is 0 Å². The first kappa shape index (κ1) is 13.1. The van der Waals surface area contributed by atoms with Gasteiger partial charge in [-0.05, 0) is 24.1 Å². The van der Waals surface area contributed by atoms with E-state index in [-0.39, 0.29) is 22.9 Å². The summed E-state index contributed by atoms with van der Waals surface area (Å²) in [5.41, 5.74) is -0.242. The van der Waals surface area contributed by atoms with Gasteiger partial charge in [0.1, 0.15) is 5.56 Å². The first-order chi connectivity index (χ1) is 9.16. The molecule has 1 atom stereocenters. The molecule has 2 N–H and O–H groups in total. The molecule has 100 valence electrons. The Labute approximate surface area is 110 Å². The number of aromatic nitrogens is 3. The zero-order chi connectivity index (χ0) is 13.7. The highest BCUT2D eigenvalue weighted by atomic mass is 16.2. The summed E-state index contributed by atoms with van der Waals surface area (Å²) in [5, 5.41) is 6.86. The predicted molar refractivity (Wildman–Crippen MR) is 70.8 cm³/mol. The minimum Gasteiger partial charge on any atom is -0.352 e. The Morgan fingerprint density at radius 3 is 3.05 bits per heavy atom. The van der Waals surface area contributed by atoms with Crippen LogP contribution in [0.25, 0.3) is 0 Å². The molecular formula is C13H16N4O2. The lowest BCUT2D eigenvalue weighted by atomic mass is 10.1. The van der Waals surface area contributed by atoms with E-state index in [1.54, 1.807) is 12.3 Å². The van der Waals surface area contributed by atoms with E-state index in [0.29, 0.717) is 6.54 Å². The summed E-state index contributed by atoms with van der Waals surface area (Å²) < 4.78 is 1.81. The summed E-state index contributed by atoms with van der Waals surface area (Å²) in [6, 6.07) is 4.99. The topological polar surface area (TPSA) is 79.8 Å². The second kappa shape index (κ2) is 5.99. The van der Waals surface area contributed by atoms with Gasteiger partial charge in [0.05, 0.1) is 0 Å². The van der Waals surface area contributed by atoms with E-state index in [0.717, 1.165) is 6.54 Å². The lowest BCUT2D eigenvalue weighted by Crippen LogP contribution is -2.33. The van der Waals surface area contributed by atoms with Crippen molar-refractivity contribution in [3.05, 3.63) is 52.7 Å². The molecule has 1 unspecified atom stereocenters. The van der Waals surface area contributed by atoms with Gasteiger partial charge in [-0.15, -0.1) is 0 Å². The Morgan fingerprint density at radius 1 is 1.53 bits per heavy atom. The van der Waals surface area contributed by atoms with Crippen LogP contribution in [0.2, 0.25) is 0 Å². The molecule has 19 heavy (non-hydrogen) atoms. The number of aromatic amines is 1. The first-order valence-corrected chi connectivity index (χ1v) is 6.10. The highest BCUT2D eigenvalue weighted by Gasteiger charge is 2.11. The average molecular weight is 260 g/mol. The van der Waals surface area contributed by atoms with Crippen LogP contribution in [-0.2, 0) is 6.54 Å². The highest BCUT2D eigenvalue weighted by Crippen LogP contribution is 1.98. The largest absolute Gasteiger partial charge is 0.352 e. The van der Waals surface area contributed by atoms with Crippen molar-refractivity contribution < 1.29 is 4.79 Å². The van der Waals surface area contributed by atoms with Crippen LogP contribution in [0.5, 0.6) is 0 Å². The number of hydrogen-bond donors (Lipinski definition) is 2. The van der Waals surface area contributed by atoms with Crippen LogP contribution < -0.4 is 10.9 Å². The molecule has 0 spiro atoms. The molecule has 2 heterocycles. The van der Waals surface area contributed by atoms with E-state index in [9.17, 15) is 9.59 Å². The van der Waals surface area contributed by atoms with Gasteiger partial charge < -0.3 is 10.3 Å². The number of carbonyl (C=O) groups excluding carboxylic acids is 1. The SMILES string of the molecule is CC(CNC(=O)c1ccc[nH]c1=O)Cn1cccn1. The Morgan fingerprint density at radius 2 is 2.37 bits per heavy atom. The molecule has 6 heteroatoms.